The lowest BCUT2D eigenvalue weighted by molar-refractivity contribution is 0.343. The van der Waals surface area contributed by atoms with Crippen molar-refractivity contribution >= 4 is 9.84 Å². The molecule has 0 amide bonds. The largest absolute Gasteiger partial charge is 0.508 e. The number of phenolic OH excluding ortho intramolecular Hbond substituents is 1. The first-order valence-corrected chi connectivity index (χ1v) is 9.51. The van der Waals surface area contributed by atoms with Crippen molar-refractivity contribution in [1.29, 1.82) is 0 Å². The first kappa shape index (κ1) is 16.3. The van der Waals surface area contributed by atoms with Gasteiger partial charge in [-0.1, -0.05) is 19.1 Å². The van der Waals surface area contributed by atoms with E-state index in [0.29, 0.717) is 17.4 Å². The summed E-state index contributed by atoms with van der Waals surface area (Å²) in [4.78, 5) is 0. The standard InChI is InChI=1S/C16H25NO3S/c1-2-8-17-11-15(14-7-9-21(19,20)12-14)10-13-3-5-16(18)6-4-13/h3-6,14-15,17-18H,2,7-12H2,1H3. The molecule has 1 aromatic rings. The molecule has 1 aliphatic rings. The number of sulfone groups is 1. The minimum absolute atomic E-state index is 0.244. The lowest BCUT2D eigenvalue weighted by atomic mass is 9.86. The van der Waals surface area contributed by atoms with Gasteiger partial charge < -0.3 is 10.4 Å². The Bertz CT molecular complexity index is 539. The van der Waals surface area contributed by atoms with Crippen molar-refractivity contribution < 1.29 is 13.5 Å². The molecule has 0 spiro atoms. The summed E-state index contributed by atoms with van der Waals surface area (Å²) in [5.41, 5.74) is 1.15. The summed E-state index contributed by atoms with van der Waals surface area (Å²) in [5.74, 6) is 1.50. The highest BCUT2D eigenvalue weighted by Gasteiger charge is 2.33. The van der Waals surface area contributed by atoms with Crippen LogP contribution in [0.2, 0.25) is 0 Å². The summed E-state index contributed by atoms with van der Waals surface area (Å²) in [6, 6.07) is 7.23. The Morgan fingerprint density at radius 2 is 2.05 bits per heavy atom. The normalized spacial score (nSPS) is 22.2. The van der Waals surface area contributed by atoms with Crippen LogP contribution in [0.1, 0.15) is 25.3 Å². The predicted octanol–water partition coefficient (Wildman–Crippen LogP) is 1.99. The van der Waals surface area contributed by atoms with Gasteiger partial charge in [0.1, 0.15) is 5.75 Å². The molecule has 2 unspecified atom stereocenters. The molecule has 2 rings (SSSR count). The van der Waals surface area contributed by atoms with E-state index in [2.05, 4.69) is 12.2 Å². The van der Waals surface area contributed by atoms with Gasteiger partial charge in [0.2, 0.25) is 0 Å². The third kappa shape index (κ3) is 5.00. The summed E-state index contributed by atoms with van der Waals surface area (Å²) in [7, 11) is -2.84. The van der Waals surface area contributed by atoms with Crippen molar-refractivity contribution in [3.8, 4) is 5.75 Å². The first-order chi connectivity index (χ1) is 10.00. The number of nitrogens with one attached hydrogen (secondary N) is 1. The number of hydrogen-bond donors (Lipinski definition) is 2. The molecule has 2 N–H and O–H groups in total. The van der Waals surface area contributed by atoms with Crippen molar-refractivity contribution in [2.75, 3.05) is 24.6 Å². The van der Waals surface area contributed by atoms with E-state index in [1.54, 1.807) is 12.1 Å². The van der Waals surface area contributed by atoms with Crippen LogP contribution >= 0.6 is 0 Å². The maximum Gasteiger partial charge on any atom is 0.150 e. The Balaban J connectivity index is 2.03. The second kappa shape index (κ2) is 7.27. The summed E-state index contributed by atoms with van der Waals surface area (Å²) in [6.07, 6.45) is 2.71. The van der Waals surface area contributed by atoms with Gasteiger partial charge in [-0.2, -0.15) is 0 Å². The molecular weight excluding hydrogens is 286 g/mol. The minimum atomic E-state index is -2.84. The number of benzene rings is 1. The third-order valence-electron chi connectivity index (χ3n) is 4.20. The molecule has 0 saturated carbocycles. The van der Waals surface area contributed by atoms with E-state index in [4.69, 9.17) is 0 Å². The average Bonchev–Trinajstić information content (AvgIpc) is 2.80. The molecule has 1 fully saturated rings. The smallest absolute Gasteiger partial charge is 0.150 e. The molecule has 1 aromatic carbocycles. The van der Waals surface area contributed by atoms with Crippen LogP contribution in [-0.2, 0) is 16.3 Å². The number of phenols is 1. The highest BCUT2D eigenvalue weighted by Crippen LogP contribution is 2.28. The second-order valence-corrected chi connectivity index (χ2v) is 8.23. The SMILES string of the molecule is CCCNCC(Cc1ccc(O)cc1)C1CCS(=O)(=O)C1. The number of aromatic hydroxyl groups is 1. The lowest BCUT2D eigenvalue weighted by Crippen LogP contribution is -2.31. The van der Waals surface area contributed by atoms with E-state index in [1.807, 2.05) is 12.1 Å². The highest BCUT2D eigenvalue weighted by atomic mass is 32.2. The van der Waals surface area contributed by atoms with Crippen molar-refractivity contribution in [2.24, 2.45) is 11.8 Å². The molecule has 2 atom stereocenters. The van der Waals surface area contributed by atoms with Gasteiger partial charge in [0.25, 0.3) is 0 Å². The van der Waals surface area contributed by atoms with Crippen molar-refractivity contribution in [1.82, 2.24) is 5.32 Å². The highest BCUT2D eigenvalue weighted by molar-refractivity contribution is 7.91. The van der Waals surface area contributed by atoms with Crippen molar-refractivity contribution in [3.63, 3.8) is 0 Å². The second-order valence-electron chi connectivity index (χ2n) is 6.00. The van der Waals surface area contributed by atoms with Crippen LogP contribution in [0.15, 0.2) is 24.3 Å². The fourth-order valence-electron chi connectivity index (χ4n) is 3.00. The molecule has 4 nitrogen and oxygen atoms in total. The summed E-state index contributed by atoms with van der Waals surface area (Å²) in [5, 5.41) is 12.8. The van der Waals surface area contributed by atoms with Gasteiger partial charge in [0.15, 0.2) is 9.84 Å². The molecule has 0 radical (unpaired) electrons. The van der Waals surface area contributed by atoms with Crippen LogP contribution in [0.4, 0.5) is 0 Å². The molecule has 0 aliphatic carbocycles. The van der Waals surface area contributed by atoms with E-state index in [0.717, 1.165) is 37.9 Å². The van der Waals surface area contributed by atoms with Crippen LogP contribution < -0.4 is 5.32 Å². The van der Waals surface area contributed by atoms with E-state index >= 15 is 0 Å². The molecule has 1 saturated heterocycles. The molecule has 0 bridgehead atoms. The molecule has 118 valence electrons. The summed E-state index contributed by atoms with van der Waals surface area (Å²) < 4.78 is 23.4. The van der Waals surface area contributed by atoms with Crippen LogP contribution in [0.3, 0.4) is 0 Å². The van der Waals surface area contributed by atoms with Gasteiger partial charge >= 0.3 is 0 Å². The zero-order valence-electron chi connectivity index (χ0n) is 12.6. The molecule has 5 heteroatoms. The van der Waals surface area contributed by atoms with Crippen LogP contribution in [0.25, 0.3) is 0 Å². The molecule has 21 heavy (non-hydrogen) atoms. The Kier molecular flexibility index (Phi) is 5.65. The molecular formula is C16H25NO3S. The fraction of sp³-hybridized carbons (Fsp3) is 0.625. The van der Waals surface area contributed by atoms with Crippen LogP contribution in [-0.4, -0.2) is 38.1 Å². The van der Waals surface area contributed by atoms with Crippen molar-refractivity contribution in [3.05, 3.63) is 29.8 Å². The summed E-state index contributed by atoms with van der Waals surface area (Å²) in [6.45, 7) is 3.95. The minimum Gasteiger partial charge on any atom is -0.508 e. The van der Waals surface area contributed by atoms with Crippen molar-refractivity contribution in [2.45, 2.75) is 26.2 Å². The first-order valence-electron chi connectivity index (χ1n) is 7.69. The Hall–Kier alpha value is -1.07. The fourth-order valence-corrected chi connectivity index (χ4v) is 4.92. The molecule has 1 aliphatic heterocycles. The maximum absolute atomic E-state index is 11.7. The number of hydrogen-bond acceptors (Lipinski definition) is 4. The molecule has 1 heterocycles. The number of rotatable bonds is 7. The molecule has 0 aromatic heterocycles. The Morgan fingerprint density at radius 3 is 2.62 bits per heavy atom. The zero-order valence-corrected chi connectivity index (χ0v) is 13.4. The van der Waals surface area contributed by atoms with E-state index in [1.165, 1.54) is 0 Å². The van der Waals surface area contributed by atoms with Gasteiger partial charge in [0, 0.05) is 0 Å². The van der Waals surface area contributed by atoms with Gasteiger partial charge in [0.05, 0.1) is 11.5 Å². The van der Waals surface area contributed by atoms with Crippen LogP contribution in [0.5, 0.6) is 5.75 Å². The van der Waals surface area contributed by atoms with Gasteiger partial charge in [-0.15, -0.1) is 0 Å². The monoisotopic (exact) mass is 311 g/mol. The van der Waals surface area contributed by atoms with E-state index in [-0.39, 0.29) is 11.7 Å². The van der Waals surface area contributed by atoms with Gasteiger partial charge in [-0.25, -0.2) is 8.42 Å². The van der Waals surface area contributed by atoms with E-state index < -0.39 is 9.84 Å². The van der Waals surface area contributed by atoms with Crippen LogP contribution in [0, 0.1) is 11.8 Å². The third-order valence-corrected chi connectivity index (χ3v) is 6.00. The predicted molar refractivity (Wildman–Crippen MR) is 85.2 cm³/mol. The maximum atomic E-state index is 11.7. The van der Waals surface area contributed by atoms with Gasteiger partial charge in [-0.3, -0.25) is 0 Å². The summed E-state index contributed by atoms with van der Waals surface area (Å²) >= 11 is 0. The van der Waals surface area contributed by atoms with Gasteiger partial charge in [-0.05, 0) is 61.9 Å². The topological polar surface area (TPSA) is 66.4 Å². The quantitative estimate of drug-likeness (QED) is 0.756. The Morgan fingerprint density at radius 1 is 1.33 bits per heavy atom. The lowest BCUT2D eigenvalue weighted by Gasteiger charge is -2.23. The average molecular weight is 311 g/mol. The zero-order chi connectivity index (χ0) is 15.3. The Labute approximate surface area is 127 Å². The van der Waals surface area contributed by atoms with E-state index in [9.17, 15) is 13.5 Å².